The number of hydrogen-bond acceptors (Lipinski definition) is 5. The summed E-state index contributed by atoms with van der Waals surface area (Å²) in [5.41, 5.74) is 3.37. The minimum Gasteiger partial charge on any atom is -0.493 e. The van der Waals surface area contributed by atoms with Gasteiger partial charge in [0.2, 0.25) is 0 Å². The average Bonchev–Trinajstić information content (AvgIpc) is 3.10. The lowest BCUT2D eigenvalue weighted by molar-refractivity contribution is 0.354. The first kappa shape index (κ1) is 19.0. The molecule has 0 spiro atoms. The number of aromatic nitrogens is 3. The predicted molar refractivity (Wildman–Crippen MR) is 109 cm³/mol. The number of rotatable bonds is 8. The van der Waals surface area contributed by atoms with Gasteiger partial charge in [-0.05, 0) is 30.2 Å². The number of benzene rings is 2. The normalized spacial score (nSPS) is 10.6. The third kappa shape index (κ3) is 4.17. The molecule has 6 heteroatoms. The van der Waals surface area contributed by atoms with Gasteiger partial charge in [-0.1, -0.05) is 48.2 Å². The summed E-state index contributed by atoms with van der Waals surface area (Å²) in [4.78, 5) is 0. The van der Waals surface area contributed by atoms with Crippen molar-refractivity contribution < 1.29 is 9.47 Å². The molecule has 0 radical (unpaired) electrons. The van der Waals surface area contributed by atoms with Gasteiger partial charge in [0, 0.05) is 17.9 Å². The highest BCUT2D eigenvalue weighted by molar-refractivity contribution is 7.98. The smallest absolute Gasteiger partial charge is 0.192 e. The largest absolute Gasteiger partial charge is 0.493 e. The monoisotopic (exact) mass is 381 g/mol. The fraction of sp³-hybridized carbons (Fsp3) is 0.238. The van der Waals surface area contributed by atoms with Crippen LogP contribution in [0.25, 0.3) is 11.4 Å². The van der Waals surface area contributed by atoms with Crippen molar-refractivity contribution in [3.05, 3.63) is 66.2 Å². The first-order chi connectivity index (χ1) is 13.2. The van der Waals surface area contributed by atoms with Gasteiger partial charge in [-0.3, -0.25) is 4.57 Å². The molecule has 0 aliphatic rings. The van der Waals surface area contributed by atoms with E-state index in [-0.39, 0.29) is 0 Å². The van der Waals surface area contributed by atoms with Gasteiger partial charge in [0.25, 0.3) is 0 Å². The topological polar surface area (TPSA) is 49.2 Å². The second-order valence-corrected chi connectivity index (χ2v) is 6.94. The fourth-order valence-electron chi connectivity index (χ4n) is 2.81. The molecule has 140 valence electrons. The van der Waals surface area contributed by atoms with Gasteiger partial charge in [0.05, 0.1) is 14.2 Å². The molecule has 0 saturated carbocycles. The van der Waals surface area contributed by atoms with E-state index in [0.717, 1.165) is 39.4 Å². The lowest BCUT2D eigenvalue weighted by atomic mass is 10.1. The Kier molecular flexibility index (Phi) is 6.19. The summed E-state index contributed by atoms with van der Waals surface area (Å²) in [6, 6.07) is 14.1. The van der Waals surface area contributed by atoms with Crippen LogP contribution in [0.5, 0.6) is 11.5 Å². The van der Waals surface area contributed by atoms with E-state index < -0.39 is 0 Å². The maximum atomic E-state index is 5.43. The van der Waals surface area contributed by atoms with Crippen molar-refractivity contribution in [1.82, 2.24) is 14.8 Å². The summed E-state index contributed by atoms with van der Waals surface area (Å²) < 4.78 is 12.9. The van der Waals surface area contributed by atoms with E-state index in [9.17, 15) is 0 Å². The maximum absolute atomic E-state index is 5.43. The molecule has 0 aliphatic carbocycles. The number of methoxy groups -OCH3 is 2. The van der Waals surface area contributed by atoms with Crippen molar-refractivity contribution in [2.24, 2.45) is 0 Å². The Balaban J connectivity index is 1.86. The van der Waals surface area contributed by atoms with Gasteiger partial charge in [-0.25, -0.2) is 0 Å². The highest BCUT2D eigenvalue weighted by atomic mass is 32.2. The number of ether oxygens (including phenoxy) is 2. The summed E-state index contributed by atoms with van der Waals surface area (Å²) in [5, 5.41) is 9.67. The van der Waals surface area contributed by atoms with Crippen molar-refractivity contribution in [3.8, 4) is 22.9 Å². The van der Waals surface area contributed by atoms with E-state index in [2.05, 4.69) is 28.3 Å². The van der Waals surface area contributed by atoms with Crippen LogP contribution in [0.3, 0.4) is 0 Å². The molecule has 0 saturated heterocycles. The van der Waals surface area contributed by atoms with Crippen LogP contribution in [0.15, 0.2) is 60.3 Å². The summed E-state index contributed by atoms with van der Waals surface area (Å²) in [6.07, 6.45) is 1.86. The Hall–Kier alpha value is -2.73. The van der Waals surface area contributed by atoms with Gasteiger partial charge in [-0.2, -0.15) is 0 Å². The molecule has 3 rings (SSSR count). The summed E-state index contributed by atoms with van der Waals surface area (Å²) in [7, 11) is 3.30. The summed E-state index contributed by atoms with van der Waals surface area (Å²) in [6.45, 7) is 6.60. The van der Waals surface area contributed by atoms with E-state index in [4.69, 9.17) is 9.47 Å². The van der Waals surface area contributed by atoms with Gasteiger partial charge < -0.3 is 9.47 Å². The van der Waals surface area contributed by atoms with Crippen molar-refractivity contribution in [1.29, 1.82) is 0 Å². The first-order valence-electron chi connectivity index (χ1n) is 8.61. The van der Waals surface area contributed by atoms with Crippen LogP contribution in [0.1, 0.15) is 11.1 Å². The molecule has 0 aliphatic heterocycles. The lowest BCUT2D eigenvalue weighted by Crippen LogP contribution is -2.01. The molecule has 0 bridgehead atoms. The van der Waals surface area contributed by atoms with Crippen LogP contribution >= 0.6 is 11.8 Å². The Labute approximate surface area is 164 Å². The molecule has 1 heterocycles. The minimum atomic E-state index is 0.657. The molecule has 0 fully saturated rings. The zero-order valence-electron chi connectivity index (χ0n) is 15.8. The molecule has 1 aromatic heterocycles. The Morgan fingerprint density at radius 1 is 1.07 bits per heavy atom. The molecule has 2 aromatic carbocycles. The Bertz CT molecular complexity index is 923. The van der Waals surface area contributed by atoms with Gasteiger partial charge in [-0.15, -0.1) is 16.8 Å². The molecule has 5 nitrogen and oxygen atoms in total. The third-order valence-corrected chi connectivity index (χ3v) is 5.27. The number of hydrogen-bond donors (Lipinski definition) is 0. The number of aryl methyl sites for hydroxylation is 1. The molecular formula is C21H23N3O2S. The fourth-order valence-corrected chi connectivity index (χ4v) is 3.82. The molecule has 0 amide bonds. The van der Waals surface area contributed by atoms with Crippen molar-refractivity contribution in [2.45, 2.75) is 24.4 Å². The average molecular weight is 382 g/mol. The molecule has 0 unspecified atom stereocenters. The van der Waals surface area contributed by atoms with E-state index in [0.29, 0.717) is 6.54 Å². The highest BCUT2D eigenvalue weighted by Gasteiger charge is 2.15. The van der Waals surface area contributed by atoms with E-state index >= 15 is 0 Å². The Morgan fingerprint density at radius 3 is 2.44 bits per heavy atom. The van der Waals surface area contributed by atoms with E-state index in [1.54, 1.807) is 26.0 Å². The summed E-state index contributed by atoms with van der Waals surface area (Å²) in [5.74, 6) is 3.08. The van der Waals surface area contributed by atoms with Crippen LogP contribution in [-0.4, -0.2) is 29.0 Å². The van der Waals surface area contributed by atoms with Crippen LogP contribution in [0.2, 0.25) is 0 Å². The van der Waals surface area contributed by atoms with Crippen molar-refractivity contribution in [2.75, 3.05) is 14.2 Å². The number of nitrogens with zero attached hydrogens (tertiary/aromatic N) is 3. The zero-order valence-corrected chi connectivity index (χ0v) is 16.6. The van der Waals surface area contributed by atoms with Gasteiger partial charge in [0.15, 0.2) is 22.5 Å². The van der Waals surface area contributed by atoms with Crippen molar-refractivity contribution in [3.63, 3.8) is 0 Å². The van der Waals surface area contributed by atoms with Crippen LogP contribution in [0.4, 0.5) is 0 Å². The molecular weight excluding hydrogens is 358 g/mol. The first-order valence-corrected chi connectivity index (χ1v) is 9.60. The molecule has 3 aromatic rings. The Morgan fingerprint density at radius 2 is 1.78 bits per heavy atom. The van der Waals surface area contributed by atoms with Gasteiger partial charge in [0.1, 0.15) is 0 Å². The number of thioether (sulfide) groups is 1. The predicted octanol–water partition coefficient (Wildman–Crippen LogP) is 4.75. The standard InChI is InChI=1S/C21H23N3O2S/c1-5-11-24-20(16-9-7-6-8-10-16)22-23-21(24)27-14-17-13-19(26-4)18(25-3)12-15(17)2/h5-10,12-13H,1,11,14H2,2-4H3. The van der Waals surface area contributed by atoms with Gasteiger partial charge >= 0.3 is 0 Å². The zero-order chi connectivity index (χ0) is 19.2. The third-order valence-electron chi connectivity index (χ3n) is 4.26. The second kappa shape index (κ2) is 8.77. The van der Waals surface area contributed by atoms with Crippen molar-refractivity contribution >= 4 is 11.8 Å². The maximum Gasteiger partial charge on any atom is 0.192 e. The molecule has 0 atom stereocenters. The quantitative estimate of drug-likeness (QED) is 0.416. The summed E-state index contributed by atoms with van der Waals surface area (Å²) >= 11 is 1.65. The van der Waals surface area contributed by atoms with E-state index in [1.807, 2.05) is 48.5 Å². The lowest BCUT2D eigenvalue weighted by Gasteiger charge is -2.13. The SMILES string of the molecule is C=CCn1c(SCc2cc(OC)c(OC)cc2C)nnc1-c1ccccc1. The highest BCUT2D eigenvalue weighted by Crippen LogP contribution is 2.33. The van der Waals surface area contributed by atoms with Crippen LogP contribution in [0, 0.1) is 6.92 Å². The van der Waals surface area contributed by atoms with Crippen LogP contribution in [-0.2, 0) is 12.3 Å². The van der Waals surface area contributed by atoms with Crippen LogP contribution < -0.4 is 9.47 Å². The molecule has 0 N–H and O–H groups in total. The second-order valence-electron chi connectivity index (χ2n) is 5.99. The minimum absolute atomic E-state index is 0.657. The van der Waals surface area contributed by atoms with E-state index in [1.165, 1.54) is 5.56 Å². The number of allylic oxidation sites excluding steroid dienone is 1. The molecule has 27 heavy (non-hydrogen) atoms.